The lowest BCUT2D eigenvalue weighted by Crippen LogP contribution is -2.52. The SMILES string of the molecule is CCCN(CCC)C(=O)c1cccc(C(=O)N[C@@H](Cc2ccccc2)[C@H](O)[C@H]2CCCN2)c1.Cl. The van der Waals surface area contributed by atoms with Gasteiger partial charge in [0.25, 0.3) is 11.8 Å². The molecular weight excluding hydrogens is 450 g/mol. The topological polar surface area (TPSA) is 81.7 Å². The molecule has 0 unspecified atom stereocenters. The highest BCUT2D eigenvalue weighted by Crippen LogP contribution is 2.17. The summed E-state index contributed by atoms with van der Waals surface area (Å²) in [5.41, 5.74) is 2.00. The third kappa shape index (κ3) is 7.55. The lowest BCUT2D eigenvalue weighted by atomic mass is 9.95. The van der Waals surface area contributed by atoms with Gasteiger partial charge in [0.1, 0.15) is 0 Å². The molecule has 2 aromatic rings. The van der Waals surface area contributed by atoms with Gasteiger partial charge in [-0.1, -0.05) is 50.2 Å². The number of benzene rings is 2. The van der Waals surface area contributed by atoms with E-state index in [1.165, 1.54) is 0 Å². The van der Waals surface area contributed by atoms with Gasteiger partial charge in [0, 0.05) is 30.3 Å². The number of carbonyl (C=O) groups excluding carboxylic acids is 2. The first kappa shape index (κ1) is 27.8. The van der Waals surface area contributed by atoms with E-state index in [1.807, 2.05) is 35.2 Å². The molecule has 6 nitrogen and oxygen atoms in total. The molecule has 3 atom stereocenters. The van der Waals surface area contributed by atoms with Crippen LogP contribution in [0.5, 0.6) is 0 Å². The minimum Gasteiger partial charge on any atom is -0.389 e. The van der Waals surface area contributed by atoms with Crippen molar-refractivity contribution in [3.63, 3.8) is 0 Å². The highest BCUT2D eigenvalue weighted by Gasteiger charge is 2.31. The molecule has 2 amide bonds. The molecule has 34 heavy (non-hydrogen) atoms. The van der Waals surface area contributed by atoms with E-state index < -0.39 is 12.1 Å². The molecule has 1 heterocycles. The number of amides is 2. The number of nitrogens with one attached hydrogen (secondary N) is 2. The monoisotopic (exact) mass is 487 g/mol. The van der Waals surface area contributed by atoms with Crippen LogP contribution < -0.4 is 10.6 Å². The van der Waals surface area contributed by atoms with Crippen LogP contribution in [0.4, 0.5) is 0 Å². The Morgan fingerprint density at radius 2 is 1.74 bits per heavy atom. The van der Waals surface area contributed by atoms with E-state index in [9.17, 15) is 14.7 Å². The van der Waals surface area contributed by atoms with Gasteiger partial charge < -0.3 is 20.6 Å². The second-order valence-corrected chi connectivity index (χ2v) is 8.84. The van der Waals surface area contributed by atoms with Gasteiger partial charge in [0.15, 0.2) is 0 Å². The molecule has 0 saturated carbocycles. The smallest absolute Gasteiger partial charge is 0.253 e. The molecule has 0 bridgehead atoms. The van der Waals surface area contributed by atoms with Gasteiger partial charge >= 0.3 is 0 Å². The maximum atomic E-state index is 13.2. The normalized spacial score (nSPS) is 16.9. The predicted octanol–water partition coefficient (Wildman–Crippen LogP) is 3.82. The lowest BCUT2D eigenvalue weighted by molar-refractivity contribution is 0.0737. The molecule has 1 saturated heterocycles. The van der Waals surface area contributed by atoms with E-state index in [-0.39, 0.29) is 30.3 Å². The largest absolute Gasteiger partial charge is 0.389 e. The van der Waals surface area contributed by atoms with E-state index in [1.54, 1.807) is 24.3 Å². The van der Waals surface area contributed by atoms with Crippen LogP contribution in [-0.2, 0) is 6.42 Å². The molecule has 1 aliphatic rings. The summed E-state index contributed by atoms with van der Waals surface area (Å²) in [6, 6.07) is 16.3. The summed E-state index contributed by atoms with van der Waals surface area (Å²) in [4.78, 5) is 28.0. The van der Waals surface area contributed by atoms with Crippen LogP contribution in [0.2, 0.25) is 0 Å². The molecule has 0 spiro atoms. The Balaban J connectivity index is 0.00000408. The molecule has 3 N–H and O–H groups in total. The fraction of sp³-hybridized carbons (Fsp3) is 0.481. The average Bonchev–Trinajstić information content (AvgIpc) is 3.38. The van der Waals surface area contributed by atoms with Gasteiger partial charge in [-0.2, -0.15) is 0 Å². The number of carbonyl (C=O) groups is 2. The molecule has 1 fully saturated rings. The number of rotatable bonds is 11. The quantitative estimate of drug-likeness (QED) is 0.450. The van der Waals surface area contributed by atoms with Crippen molar-refractivity contribution >= 4 is 24.2 Å². The summed E-state index contributed by atoms with van der Waals surface area (Å²) < 4.78 is 0. The van der Waals surface area contributed by atoms with E-state index in [0.29, 0.717) is 30.6 Å². The summed E-state index contributed by atoms with van der Waals surface area (Å²) >= 11 is 0. The zero-order chi connectivity index (χ0) is 23.6. The maximum absolute atomic E-state index is 13.2. The zero-order valence-electron chi connectivity index (χ0n) is 20.2. The Hall–Kier alpha value is -2.41. The van der Waals surface area contributed by atoms with Crippen molar-refractivity contribution < 1.29 is 14.7 Å². The Labute approximate surface area is 209 Å². The van der Waals surface area contributed by atoms with E-state index in [2.05, 4.69) is 24.5 Å². The van der Waals surface area contributed by atoms with Gasteiger partial charge in [-0.3, -0.25) is 9.59 Å². The molecule has 3 rings (SSSR count). The van der Waals surface area contributed by atoms with Crippen molar-refractivity contribution in [3.05, 3.63) is 71.3 Å². The van der Waals surface area contributed by atoms with Crippen LogP contribution in [0.1, 0.15) is 65.8 Å². The highest BCUT2D eigenvalue weighted by molar-refractivity contribution is 5.99. The van der Waals surface area contributed by atoms with Gasteiger partial charge in [0.05, 0.1) is 12.1 Å². The summed E-state index contributed by atoms with van der Waals surface area (Å²) in [5.74, 6) is -0.329. The number of nitrogens with zero attached hydrogens (tertiary/aromatic N) is 1. The molecule has 7 heteroatoms. The van der Waals surface area contributed by atoms with Gasteiger partial charge in [0.2, 0.25) is 0 Å². The number of halogens is 1. The van der Waals surface area contributed by atoms with Crippen LogP contribution in [0, 0.1) is 0 Å². The first-order valence-corrected chi connectivity index (χ1v) is 12.2. The van der Waals surface area contributed by atoms with Crippen molar-refractivity contribution in [1.82, 2.24) is 15.5 Å². The molecular formula is C27H38ClN3O3. The van der Waals surface area contributed by atoms with E-state index >= 15 is 0 Å². The van der Waals surface area contributed by atoms with Gasteiger partial charge in [-0.25, -0.2) is 0 Å². The second kappa shape index (κ2) is 14.1. The van der Waals surface area contributed by atoms with Crippen LogP contribution in [-0.4, -0.2) is 59.6 Å². The molecule has 0 radical (unpaired) electrons. The second-order valence-electron chi connectivity index (χ2n) is 8.84. The Morgan fingerprint density at radius 1 is 1.06 bits per heavy atom. The van der Waals surface area contributed by atoms with Gasteiger partial charge in [-0.15, -0.1) is 12.4 Å². The van der Waals surface area contributed by atoms with Crippen molar-refractivity contribution in [1.29, 1.82) is 0 Å². The summed E-state index contributed by atoms with van der Waals surface area (Å²) in [6.45, 7) is 6.38. The van der Waals surface area contributed by atoms with Crippen molar-refractivity contribution in [2.45, 2.75) is 64.1 Å². The van der Waals surface area contributed by atoms with Gasteiger partial charge in [-0.05, 0) is 62.4 Å². The first-order valence-electron chi connectivity index (χ1n) is 12.2. The van der Waals surface area contributed by atoms with E-state index in [4.69, 9.17) is 0 Å². The number of aliphatic hydroxyl groups excluding tert-OH is 1. The molecule has 0 aliphatic carbocycles. The minimum atomic E-state index is -0.703. The third-order valence-corrected chi connectivity index (χ3v) is 6.18. The minimum absolute atomic E-state index is 0. The summed E-state index contributed by atoms with van der Waals surface area (Å²) in [7, 11) is 0. The van der Waals surface area contributed by atoms with Crippen molar-refractivity contribution in [3.8, 4) is 0 Å². The fourth-order valence-electron chi connectivity index (χ4n) is 4.49. The lowest BCUT2D eigenvalue weighted by Gasteiger charge is -2.29. The van der Waals surface area contributed by atoms with E-state index in [0.717, 1.165) is 37.8 Å². The van der Waals surface area contributed by atoms with Crippen molar-refractivity contribution in [2.24, 2.45) is 0 Å². The Bertz CT molecular complexity index is 897. The number of hydrogen-bond donors (Lipinski definition) is 3. The van der Waals surface area contributed by atoms with Crippen LogP contribution in [0.25, 0.3) is 0 Å². The molecule has 1 aliphatic heterocycles. The molecule has 2 aromatic carbocycles. The van der Waals surface area contributed by atoms with Crippen LogP contribution in [0.3, 0.4) is 0 Å². The number of aliphatic hydroxyl groups is 1. The van der Waals surface area contributed by atoms with Crippen molar-refractivity contribution in [2.75, 3.05) is 19.6 Å². The number of hydrogen-bond acceptors (Lipinski definition) is 4. The zero-order valence-corrected chi connectivity index (χ0v) is 21.0. The van der Waals surface area contributed by atoms with Crippen LogP contribution >= 0.6 is 12.4 Å². The summed E-state index contributed by atoms with van der Waals surface area (Å²) in [6.07, 6.45) is 3.51. The standard InChI is InChI=1S/C27H37N3O3.ClH/c1-3-16-30(17-4-2)27(33)22-13-8-12-21(19-22)26(32)29-24(18-20-10-6-5-7-11-20)25(31)23-14-9-15-28-23;/h5-8,10-13,19,23-25,28,31H,3-4,9,14-18H2,1-2H3,(H,29,32);1H/t23-,24+,25-;/m1./s1. The average molecular weight is 488 g/mol. The molecule has 0 aromatic heterocycles. The summed E-state index contributed by atoms with van der Waals surface area (Å²) in [5, 5.41) is 17.5. The van der Waals surface area contributed by atoms with Crippen LogP contribution in [0.15, 0.2) is 54.6 Å². The fourth-order valence-corrected chi connectivity index (χ4v) is 4.49. The Kier molecular flexibility index (Phi) is 11.5. The maximum Gasteiger partial charge on any atom is 0.253 e. The highest BCUT2D eigenvalue weighted by atomic mass is 35.5. The Morgan fingerprint density at radius 3 is 2.35 bits per heavy atom. The predicted molar refractivity (Wildman–Crippen MR) is 139 cm³/mol. The first-order chi connectivity index (χ1) is 16.0. The third-order valence-electron chi connectivity index (χ3n) is 6.18. The molecule has 186 valence electrons.